The zero-order valence-corrected chi connectivity index (χ0v) is 10.5. The standard InChI is InChI=1S/C13H10ClN3O2/c14-11-10(5-2-6-16-11)17-13(19)9-4-1-3-8(7-9)12(15)18/h1-7H,(H2,15,18)(H,17,19). The van der Waals surface area contributed by atoms with Crippen molar-refractivity contribution < 1.29 is 9.59 Å². The number of carbonyl (C=O) groups excluding carboxylic acids is 2. The number of amides is 2. The lowest BCUT2D eigenvalue weighted by molar-refractivity contribution is 0.1000. The van der Waals surface area contributed by atoms with Gasteiger partial charge in [0.15, 0.2) is 5.15 Å². The minimum Gasteiger partial charge on any atom is -0.366 e. The van der Waals surface area contributed by atoms with E-state index in [-0.39, 0.29) is 10.7 Å². The Balaban J connectivity index is 2.23. The predicted octanol–water partition coefficient (Wildman–Crippen LogP) is 2.09. The Morgan fingerprint density at radius 1 is 1.16 bits per heavy atom. The second kappa shape index (κ2) is 5.49. The predicted molar refractivity (Wildman–Crippen MR) is 72.2 cm³/mol. The van der Waals surface area contributed by atoms with E-state index < -0.39 is 11.8 Å². The lowest BCUT2D eigenvalue weighted by atomic mass is 10.1. The van der Waals surface area contributed by atoms with Crippen LogP contribution in [0.25, 0.3) is 0 Å². The summed E-state index contributed by atoms with van der Waals surface area (Å²) in [4.78, 5) is 26.9. The molecule has 2 rings (SSSR count). The van der Waals surface area contributed by atoms with Crippen LogP contribution >= 0.6 is 11.6 Å². The van der Waals surface area contributed by atoms with Crippen LogP contribution < -0.4 is 11.1 Å². The highest BCUT2D eigenvalue weighted by Crippen LogP contribution is 2.18. The zero-order chi connectivity index (χ0) is 13.8. The summed E-state index contributed by atoms with van der Waals surface area (Å²) < 4.78 is 0. The number of carbonyl (C=O) groups is 2. The maximum Gasteiger partial charge on any atom is 0.255 e. The highest BCUT2D eigenvalue weighted by molar-refractivity contribution is 6.32. The number of primary amides is 1. The number of pyridine rings is 1. The molecular formula is C13H10ClN3O2. The van der Waals surface area contributed by atoms with E-state index >= 15 is 0 Å². The van der Waals surface area contributed by atoms with Gasteiger partial charge in [-0.1, -0.05) is 17.7 Å². The molecule has 1 aromatic carbocycles. The number of anilines is 1. The third-order valence-corrected chi connectivity index (χ3v) is 2.72. The summed E-state index contributed by atoms with van der Waals surface area (Å²) >= 11 is 5.84. The Bertz CT molecular complexity index is 643. The van der Waals surface area contributed by atoms with Crippen LogP contribution in [0.4, 0.5) is 5.69 Å². The fourth-order valence-electron chi connectivity index (χ4n) is 1.49. The third kappa shape index (κ3) is 3.08. The number of hydrogen-bond acceptors (Lipinski definition) is 3. The summed E-state index contributed by atoms with van der Waals surface area (Å²) in [5.74, 6) is -0.980. The first-order valence-corrected chi connectivity index (χ1v) is 5.77. The van der Waals surface area contributed by atoms with Gasteiger partial charge in [-0.15, -0.1) is 0 Å². The van der Waals surface area contributed by atoms with Crippen LogP contribution in [0.2, 0.25) is 5.15 Å². The number of aromatic nitrogens is 1. The first kappa shape index (κ1) is 13.0. The smallest absolute Gasteiger partial charge is 0.255 e. The monoisotopic (exact) mass is 275 g/mol. The molecule has 1 heterocycles. The number of nitrogens with two attached hydrogens (primary N) is 1. The second-order valence-electron chi connectivity index (χ2n) is 3.74. The molecule has 2 aromatic rings. The van der Waals surface area contributed by atoms with Crippen molar-refractivity contribution in [1.29, 1.82) is 0 Å². The molecule has 19 heavy (non-hydrogen) atoms. The number of nitrogens with zero attached hydrogens (tertiary/aromatic N) is 1. The molecule has 0 radical (unpaired) electrons. The molecule has 6 heteroatoms. The van der Waals surface area contributed by atoms with Gasteiger partial charge in [-0.25, -0.2) is 4.98 Å². The molecule has 3 N–H and O–H groups in total. The van der Waals surface area contributed by atoms with Gasteiger partial charge in [0, 0.05) is 17.3 Å². The highest BCUT2D eigenvalue weighted by atomic mass is 35.5. The van der Waals surface area contributed by atoms with Crippen LogP contribution in [-0.4, -0.2) is 16.8 Å². The Morgan fingerprint density at radius 3 is 2.58 bits per heavy atom. The fourth-order valence-corrected chi connectivity index (χ4v) is 1.65. The van der Waals surface area contributed by atoms with Crippen molar-refractivity contribution in [2.75, 3.05) is 5.32 Å². The van der Waals surface area contributed by atoms with Gasteiger partial charge in [0.25, 0.3) is 5.91 Å². The molecule has 96 valence electrons. The van der Waals surface area contributed by atoms with E-state index in [0.29, 0.717) is 11.3 Å². The molecule has 0 aliphatic carbocycles. The van der Waals surface area contributed by atoms with Gasteiger partial charge in [0.05, 0.1) is 5.69 Å². The van der Waals surface area contributed by atoms with Gasteiger partial charge in [0.1, 0.15) is 0 Å². The van der Waals surface area contributed by atoms with Crippen LogP contribution in [0.15, 0.2) is 42.6 Å². The maximum atomic E-state index is 12.0. The molecular weight excluding hydrogens is 266 g/mol. The topological polar surface area (TPSA) is 85.1 Å². The van der Waals surface area contributed by atoms with Crippen molar-refractivity contribution in [3.8, 4) is 0 Å². The summed E-state index contributed by atoms with van der Waals surface area (Å²) in [5, 5.41) is 2.80. The molecule has 0 atom stereocenters. The number of halogens is 1. The van der Waals surface area contributed by atoms with Crippen LogP contribution in [-0.2, 0) is 0 Å². The van der Waals surface area contributed by atoms with Crippen LogP contribution in [0.1, 0.15) is 20.7 Å². The Morgan fingerprint density at radius 2 is 1.89 bits per heavy atom. The summed E-state index contributed by atoms with van der Waals surface area (Å²) in [6.45, 7) is 0. The van der Waals surface area contributed by atoms with Gasteiger partial charge < -0.3 is 11.1 Å². The molecule has 2 amide bonds. The van der Waals surface area contributed by atoms with E-state index in [1.54, 1.807) is 24.3 Å². The Hall–Kier alpha value is -2.40. The van der Waals surface area contributed by atoms with E-state index in [0.717, 1.165) is 0 Å². The second-order valence-corrected chi connectivity index (χ2v) is 4.10. The Labute approximate surface area is 114 Å². The molecule has 0 bridgehead atoms. The number of hydrogen-bond donors (Lipinski definition) is 2. The molecule has 0 saturated heterocycles. The normalized spacial score (nSPS) is 9.95. The zero-order valence-electron chi connectivity index (χ0n) is 9.76. The number of nitrogens with one attached hydrogen (secondary N) is 1. The SMILES string of the molecule is NC(=O)c1cccc(C(=O)Nc2cccnc2Cl)c1. The van der Waals surface area contributed by atoms with E-state index in [9.17, 15) is 9.59 Å². The van der Waals surface area contributed by atoms with Crippen molar-refractivity contribution in [3.05, 3.63) is 58.9 Å². The number of benzene rings is 1. The summed E-state index contributed by atoms with van der Waals surface area (Å²) in [6.07, 6.45) is 1.52. The van der Waals surface area contributed by atoms with Gasteiger partial charge in [-0.05, 0) is 30.3 Å². The minimum absolute atomic E-state index is 0.196. The molecule has 1 aromatic heterocycles. The first-order chi connectivity index (χ1) is 9.08. The molecule has 0 spiro atoms. The highest BCUT2D eigenvalue weighted by Gasteiger charge is 2.10. The largest absolute Gasteiger partial charge is 0.366 e. The first-order valence-electron chi connectivity index (χ1n) is 5.39. The van der Waals surface area contributed by atoms with Gasteiger partial charge in [0.2, 0.25) is 5.91 Å². The third-order valence-electron chi connectivity index (χ3n) is 2.42. The van der Waals surface area contributed by atoms with E-state index in [1.165, 1.54) is 18.3 Å². The van der Waals surface area contributed by atoms with Gasteiger partial charge >= 0.3 is 0 Å². The summed E-state index contributed by atoms with van der Waals surface area (Å²) in [7, 11) is 0. The summed E-state index contributed by atoms with van der Waals surface area (Å²) in [6, 6.07) is 9.40. The molecule has 5 nitrogen and oxygen atoms in total. The molecule has 0 fully saturated rings. The molecule has 0 aliphatic rings. The quantitative estimate of drug-likeness (QED) is 0.841. The van der Waals surface area contributed by atoms with E-state index in [4.69, 9.17) is 17.3 Å². The summed E-state index contributed by atoms with van der Waals surface area (Å²) in [5.41, 5.74) is 6.14. The average Bonchev–Trinajstić information content (AvgIpc) is 2.41. The van der Waals surface area contributed by atoms with Crippen molar-refractivity contribution in [3.63, 3.8) is 0 Å². The molecule has 0 aliphatic heterocycles. The van der Waals surface area contributed by atoms with Crippen LogP contribution in [0, 0.1) is 0 Å². The minimum atomic E-state index is -0.589. The lowest BCUT2D eigenvalue weighted by Crippen LogP contribution is -2.15. The van der Waals surface area contributed by atoms with Crippen molar-refractivity contribution in [2.24, 2.45) is 5.73 Å². The van der Waals surface area contributed by atoms with E-state index in [2.05, 4.69) is 10.3 Å². The Kier molecular flexibility index (Phi) is 3.77. The lowest BCUT2D eigenvalue weighted by Gasteiger charge is -2.06. The average molecular weight is 276 g/mol. The maximum absolute atomic E-state index is 12.0. The molecule has 0 unspecified atom stereocenters. The van der Waals surface area contributed by atoms with Crippen LogP contribution in [0.3, 0.4) is 0 Å². The van der Waals surface area contributed by atoms with Gasteiger partial charge in [-0.2, -0.15) is 0 Å². The van der Waals surface area contributed by atoms with Crippen LogP contribution in [0.5, 0.6) is 0 Å². The van der Waals surface area contributed by atoms with Gasteiger partial charge in [-0.3, -0.25) is 9.59 Å². The molecule has 0 saturated carbocycles. The fraction of sp³-hybridized carbons (Fsp3) is 0. The van der Waals surface area contributed by atoms with E-state index in [1.807, 2.05) is 0 Å². The number of rotatable bonds is 3. The van der Waals surface area contributed by atoms with Crippen molar-refractivity contribution >= 4 is 29.1 Å². The van der Waals surface area contributed by atoms with Crippen molar-refractivity contribution in [1.82, 2.24) is 4.98 Å². The van der Waals surface area contributed by atoms with Crippen molar-refractivity contribution in [2.45, 2.75) is 0 Å².